The molecule has 1 N–H and O–H groups in total. The average molecular weight is 236 g/mol. The molecule has 0 aliphatic heterocycles. The average Bonchev–Trinajstić information content (AvgIpc) is 2.69. The fourth-order valence-electron chi connectivity index (χ4n) is 1.07. The number of alkyl halides is 2. The van der Waals surface area contributed by atoms with Gasteiger partial charge in [-0.05, 0) is 0 Å². The van der Waals surface area contributed by atoms with Gasteiger partial charge in [0.15, 0.2) is 0 Å². The van der Waals surface area contributed by atoms with Crippen molar-refractivity contribution >= 4 is 29.1 Å². The summed E-state index contributed by atoms with van der Waals surface area (Å²) in [7, 11) is 0. The smallest absolute Gasteiger partial charge is 0.257 e. The molecule has 4 nitrogen and oxygen atoms in total. The van der Waals surface area contributed by atoms with E-state index in [2.05, 4.69) is 10.2 Å². The molecule has 0 saturated heterocycles. The number of carbonyl (C=O) groups excluding carboxylic acids is 1. The molecule has 0 atom stereocenters. The molecule has 0 saturated carbocycles. The van der Waals surface area contributed by atoms with E-state index in [0.717, 1.165) is 0 Å². The highest BCUT2D eigenvalue weighted by atomic mass is 35.5. The SMILES string of the molecule is O=C(c1cn[nH]c1)N(CCCl)CCCl. The molecule has 0 aliphatic carbocycles. The minimum atomic E-state index is -0.0972. The number of aromatic amines is 1. The van der Waals surface area contributed by atoms with Crippen LogP contribution >= 0.6 is 23.2 Å². The Balaban J connectivity index is 2.63. The van der Waals surface area contributed by atoms with Crippen LogP contribution in [0.4, 0.5) is 0 Å². The summed E-state index contributed by atoms with van der Waals surface area (Å²) in [5.41, 5.74) is 0.528. The number of hydrogen-bond donors (Lipinski definition) is 1. The molecule has 0 spiro atoms. The van der Waals surface area contributed by atoms with Crippen molar-refractivity contribution in [1.82, 2.24) is 15.1 Å². The number of rotatable bonds is 5. The third-order valence-corrected chi connectivity index (χ3v) is 2.08. The van der Waals surface area contributed by atoms with Gasteiger partial charge in [-0.3, -0.25) is 9.89 Å². The van der Waals surface area contributed by atoms with Gasteiger partial charge in [-0.1, -0.05) is 0 Å². The summed E-state index contributed by atoms with van der Waals surface area (Å²) < 4.78 is 0. The number of H-pyrrole nitrogens is 1. The van der Waals surface area contributed by atoms with E-state index in [1.807, 2.05) is 0 Å². The molecule has 0 unspecified atom stereocenters. The zero-order valence-electron chi connectivity index (χ0n) is 7.54. The second-order valence-electron chi connectivity index (χ2n) is 2.66. The van der Waals surface area contributed by atoms with Gasteiger partial charge in [0.05, 0.1) is 11.8 Å². The second-order valence-corrected chi connectivity index (χ2v) is 3.41. The summed E-state index contributed by atoms with van der Waals surface area (Å²) in [6.45, 7) is 0.997. The van der Waals surface area contributed by atoms with Gasteiger partial charge in [0.25, 0.3) is 5.91 Å². The third-order valence-electron chi connectivity index (χ3n) is 1.74. The Labute approximate surface area is 92.2 Å². The van der Waals surface area contributed by atoms with Crippen LogP contribution in [0.5, 0.6) is 0 Å². The first-order valence-corrected chi connectivity index (χ1v) is 5.26. The largest absolute Gasteiger partial charge is 0.336 e. The van der Waals surface area contributed by atoms with E-state index in [9.17, 15) is 4.79 Å². The molecule has 0 bridgehead atoms. The number of nitrogens with zero attached hydrogens (tertiary/aromatic N) is 2. The lowest BCUT2D eigenvalue weighted by Gasteiger charge is -2.19. The molecular weight excluding hydrogens is 225 g/mol. The second kappa shape index (κ2) is 5.88. The van der Waals surface area contributed by atoms with Crippen LogP contribution in [0.3, 0.4) is 0 Å². The first-order chi connectivity index (χ1) is 6.79. The van der Waals surface area contributed by atoms with E-state index in [0.29, 0.717) is 30.4 Å². The van der Waals surface area contributed by atoms with Crippen LogP contribution in [-0.2, 0) is 0 Å². The first kappa shape index (κ1) is 11.3. The van der Waals surface area contributed by atoms with Crippen LogP contribution in [0.15, 0.2) is 12.4 Å². The quantitative estimate of drug-likeness (QED) is 0.784. The standard InChI is InChI=1S/C8H11Cl2N3O/c9-1-3-13(4-2-10)8(14)7-5-11-12-6-7/h5-6H,1-4H2,(H,11,12). The lowest BCUT2D eigenvalue weighted by atomic mass is 10.3. The topological polar surface area (TPSA) is 49.0 Å². The van der Waals surface area contributed by atoms with Crippen LogP contribution < -0.4 is 0 Å². The van der Waals surface area contributed by atoms with Crippen molar-refractivity contribution in [2.45, 2.75) is 0 Å². The number of carbonyl (C=O) groups is 1. The van der Waals surface area contributed by atoms with Gasteiger partial charge in [-0.15, -0.1) is 23.2 Å². The molecule has 1 amide bonds. The lowest BCUT2D eigenvalue weighted by Crippen LogP contribution is -2.34. The number of amides is 1. The van der Waals surface area contributed by atoms with Gasteiger partial charge in [-0.25, -0.2) is 0 Å². The van der Waals surface area contributed by atoms with E-state index >= 15 is 0 Å². The van der Waals surface area contributed by atoms with Crippen molar-refractivity contribution in [2.75, 3.05) is 24.8 Å². The van der Waals surface area contributed by atoms with Gasteiger partial charge in [0, 0.05) is 31.0 Å². The fourth-order valence-corrected chi connectivity index (χ4v) is 1.48. The summed E-state index contributed by atoms with van der Waals surface area (Å²) in [5.74, 6) is 0.709. The highest BCUT2D eigenvalue weighted by Crippen LogP contribution is 2.02. The number of nitrogens with one attached hydrogen (secondary N) is 1. The Morgan fingerprint density at radius 1 is 1.43 bits per heavy atom. The van der Waals surface area contributed by atoms with E-state index in [1.54, 1.807) is 11.1 Å². The van der Waals surface area contributed by atoms with Crippen LogP contribution in [-0.4, -0.2) is 45.9 Å². The molecule has 1 rings (SSSR count). The minimum Gasteiger partial charge on any atom is -0.336 e. The molecule has 1 aromatic heterocycles. The van der Waals surface area contributed by atoms with E-state index < -0.39 is 0 Å². The normalized spacial score (nSPS) is 10.1. The zero-order chi connectivity index (χ0) is 10.4. The molecular formula is C8H11Cl2N3O. The Morgan fingerprint density at radius 2 is 2.07 bits per heavy atom. The van der Waals surface area contributed by atoms with Gasteiger partial charge in [-0.2, -0.15) is 5.10 Å². The first-order valence-electron chi connectivity index (χ1n) is 4.19. The van der Waals surface area contributed by atoms with Crippen LogP contribution in [0, 0.1) is 0 Å². The van der Waals surface area contributed by atoms with Crippen LogP contribution in [0.25, 0.3) is 0 Å². The maximum Gasteiger partial charge on any atom is 0.257 e. The van der Waals surface area contributed by atoms with E-state index in [4.69, 9.17) is 23.2 Å². The molecule has 78 valence electrons. The van der Waals surface area contributed by atoms with Crippen LogP contribution in [0.1, 0.15) is 10.4 Å². The Morgan fingerprint density at radius 3 is 2.50 bits per heavy atom. The maximum atomic E-state index is 11.7. The predicted octanol–water partition coefficient (Wildman–Crippen LogP) is 1.33. The Bertz CT molecular complexity index is 270. The zero-order valence-corrected chi connectivity index (χ0v) is 9.05. The molecule has 0 fully saturated rings. The summed E-state index contributed by atoms with van der Waals surface area (Å²) in [6, 6.07) is 0. The summed E-state index contributed by atoms with van der Waals surface area (Å²) in [4.78, 5) is 13.3. The molecule has 14 heavy (non-hydrogen) atoms. The molecule has 6 heteroatoms. The fraction of sp³-hybridized carbons (Fsp3) is 0.500. The van der Waals surface area contributed by atoms with Crippen molar-refractivity contribution in [3.05, 3.63) is 18.0 Å². The molecule has 1 aromatic rings. The summed E-state index contributed by atoms with van der Waals surface area (Å²) >= 11 is 11.2. The minimum absolute atomic E-state index is 0.0972. The molecule has 0 aliphatic rings. The maximum absolute atomic E-state index is 11.7. The van der Waals surface area contributed by atoms with Crippen molar-refractivity contribution in [3.63, 3.8) is 0 Å². The number of hydrogen-bond acceptors (Lipinski definition) is 2. The third kappa shape index (κ3) is 2.89. The number of halogens is 2. The monoisotopic (exact) mass is 235 g/mol. The van der Waals surface area contributed by atoms with Gasteiger partial charge >= 0.3 is 0 Å². The Kier molecular flexibility index (Phi) is 4.76. The van der Waals surface area contributed by atoms with Crippen LogP contribution in [0.2, 0.25) is 0 Å². The molecule has 0 radical (unpaired) electrons. The van der Waals surface area contributed by atoms with Crippen molar-refractivity contribution < 1.29 is 4.79 Å². The van der Waals surface area contributed by atoms with Crippen molar-refractivity contribution in [2.24, 2.45) is 0 Å². The molecule has 1 heterocycles. The predicted molar refractivity (Wildman–Crippen MR) is 55.9 cm³/mol. The molecule has 0 aromatic carbocycles. The lowest BCUT2D eigenvalue weighted by molar-refractivity contribution is 0.0775. The van der Waals surface area contributed by atoms with Crippen molar-refractivity contribution in [3.8, 4) is 0 Å². The van der Waals surface area contributed by atoms with Gasteiger partial charge in [0.1, 0.15) is 0 Å². The van der Waals surface area contributed by atoms with Crippen molar-refractivity contribution in [1.29, 1.82) is 0 Å². The highest BCUT2D eigenvalue weighted by molar-refractivity contribution is 6.18. The van der Waals surface area contributed by atoms with Gasteiger partial charge in [0.2, 0.25) is 0 Å². The van der Waals surface area contributed by atoms with E-state index in [-0.39, 0.29) is 5.91 Å². The summed E-state index contributed by atoms with van der Waals surface area (Å²) in [6.07, 6.45) is 3.04. The van der Waals surface area contributed by atoms with E-state index in [1.165, 1.54) is 6.20 Å². The number of aromatic nitrogens is 2. The summed E-state index contributed by atoms with van der Waals surface area (Å²) in [5, 5.41) is 6.29. The van der Waals surface area contributed by atoms with Gasteiger partial charge < -0.3 is 4.90 Å². The highest BCUT2D eigenvalue weighted by Gasteiger charge is 2.14. The Hall–Kier alpha value is -0.740.